The largest absolute Gasteiger partial charge is 0.375 e. The normalized spacial score (nSPS) is 9.20. The molecule has 0 aliphatic rings. The van der Waals surface area contributed by atoms with E-state index in [4.69, 9.17) is 11.0 Å². The Morgan fingerprint density at radius 1 is 1.80 bits per heavy atom. The summed E-state index contributed by atoms with van der Waals surface area (Å²) in [6.45, 7) is 0. The van der Waals surface area contributed by atoms with Gasteiger partial charge in [0.15, 0.2) is 5.13 Å². The molecule has 1 aromatic heterocycles. The Balaban J connectivity index is 3.12. The second kappa shape index (κ2) is 2.99. The number of hydrogen-bond acceptors (Lipinski definition) is 4. The summed E-state index contributed by atoms with van der Waals surface area (Å²) in [6.07, 6.45) is 0. The number of nitriles is 1. The molecule has 1 heterocycles. The number of nitrogens with zero attached hydrogens (tertiary/aromatic N) is 2. The molecule has 0 unspecified atom stereocenters. The smallest absolute Gasteiger partial charge is 0.181 e. The molecule has 0 atom stereocenters. The Labute approximate surface area is 70.6 Å². The van der Waals surface area contributed by atoms with Crippen molar-refractivity contribution < 1.29 is 0 Å². The van der Waals surface area contributed by atoms with Crippen LogP contribution in [-0.2, 0) is 5.33 Å². The van der Waals surface area contributed by atoms with Gasteiger partial charge in [0, 0.05) is 5.33 Å². The standard InChI is InChI=1S/C5H4BrN3S/c6-1-3-4(2-7)10-5(8)9-3/h1H2,(H2,8,9). The second-order valence-electron chi connectivity index (χ2n) is 1.57. The fraction of sp³-hybridized carbons (Fsp3) is 0.200. The van der Waals surface area contributed by atoms with Gasteiger partial charge >= 0.3 is 0 Å². The molecule has 0 fully saturated rings. The van der Waals surface area contributed by atoms with Gasteiger partial charge in [-0.2, -0.15) is 5.26 Å². The molecule has 1 aromatic rings. The molecule has 10 heavy (non-hydrogen) atoms. The van der Waals surface area contributed by atoms with E-state index >= 15 is 0 Å². The first kappa shape index (κ1) is 7.51. The van der Waals surface area contributed by atoms with Crippen LogP contribution in [0.25, 0.3) is 0 Å². The molecule has 0 aliphatic carbocycles. The van der Waals surface area contributed by atoms with E-state index in [1.165, 1.54) is 11.3 Å². The zero-order valence-electron chi connectivity index (χ0n) is 4.97. The third-order valence-electron chi connectivity index (χ3n) is 0.942. The Hall–Kier alpha value is -0.600. The number of halogens is 1. The lowest BCUT2D eigenvalue weighted by atomic mass is 10.4. The van der Waals surface area contributed by atoms with Crippen LogP contribution in [0.5, 0.6) is 0 Å². The predicted octanol–water partition coefficient (Wildman–Crippen LogP) is 1.49. The van der Waals surface area contributed by atoms with Crippen molar-refractivity contribution in [1.82, 2.24) is 4.98 Å². The molecule has 52 valence electrons. The molecule has 0 saturated heterocycles. The van der Waals surface area contributed by atoms with Crippen molar-refractivity contribution in [2.45, 2.75) is 5.33 Å². The van der Waals surface area contributed by atoms with Crippen molar-refractivity contribution in [1.29, 1.82) is 5.26 Å². The number of nitrogen functional groups attached to an aromatic ring is 1. The van der Waals surface area contributed by atoms with Crippen LogP contribution in [0.1, 0.15) is 10.6 Å². The number of alkyl halides is 1. The van der Waals surface area contributed by atoms with Crippen molar-refractivity contribution >= 4 is 32.4 Å². The first-order chi connectivity index (χ1) is 4.77. The molecule has 3 nitrogen and oxygen atoms in total. The van der Waals surface area contributed by atoms with Gasteiger partial charge in [-0.1, -0.05) is 27.3 Å². The molecule has 0 bridgehead atoms. The first-order valence-corrected chi connectivity index (χ1v) is 4.43. The Morgan fingerprint density at radius 2 is 2.50 bits per heavy atom. The topological polar surface area (TPSA) is 62.7 Å². The van der Waals surface area contributed by atoms with Crippen molar-refractivity contribution in [2.75, 3.05) is 5.73 Å². The summed E-state index contributed by atoms with van der Waals surface area (Å²) in [5, 5.41) is 9.54. The van der Waals surface area contributed by atoms with Crippen LogP contribution in [-0.4, -0.2) is 4.98 Å². The highest BCUT2D eigenvalue weighted by Gasteiger charge is 2.05. The molecule has 0 aliphatic heterocycles. The number of aromatic nitrogens is 1. The average Bonchev–Trinajstić information content (AvgIpc) is 2.30. The van der Waals surface area contributed by atoms with Gasteiger partial charge in [0.2, 0.25) is 0 Å². The number of nitrogens with two attached hydrogens (primary N) is 1. The Morgan fingerprint density at radius 3 is 2.90 bits per heavy atom. The van der Waals surface area contributed by atoms with Gasteiger partial charge in [-0.15, -0.1) is 0 Å². The summed E-state index contributed by atoms with van der Waals surface area (Å²) >= 11 is 4.41. The average molecular weight is 218 g/mol. The number of anilines is 1. The SMILES string of the molecule is N#Cc1sc(N)nc1CBr. The van der Waals surface area contributed by atoms with Crippen molar-refractivity contribution in [3.05, 3.63) is 10.6 Å². The summed E-state index contributed by atoms with van der Waals surface area (Å²) < 4.78 is 0. The van der Waals surface area contributed by atoms with Crippen molar-refractivity contribution in [3.8, 4) is 6.07 Å². The molecule has 0 spiro atoms. The summed E-state index contributed by atoms with van der Waals surface area (Å²) in [6, 6.07) is 2.01. The number of rotatable bonds is 1. The molecular weight excluding hydrogens is 214 g/mol. The minimum Gasteiger partial charge on any atom is -0.375 e. The fourth-order valence-corrected chi connectivity index (χ4v) is 1.79. The molecule has 0 radical (unpaired) electrons. The first-order valence-electron chi connectivity index (χ1n) is 2.49. The minimum absolute atomic E-state index is 0.450. The van der Waals surface area contributed by atoms with Gasteiger partial charge < -0.3 is 5.73 Å². The van der Waals surface area contributed by atoms with Gasteiger partial charge in [-0.05, 0) is 0 Å². The van der Waals surface area contributed by atoms with Crippen LogP contribution in [0.15, 0.2) is 0 Å². The molecular formula is C5H4BrN3S. The second-order valence-corrected chi connectivity index (χ2v) is 3.16. The number of thiazole rings is 1. The van der Waals surface area contributed by atoms with E-state index < -0.39 is 0 Å². The summed E-state index contributed by atoms with van der Waals surface area (Å²) in [5.41, 5.74) is 6.09. The van der Waals surface area contributed by atoms with E-state index in [0.717, 1.165) is 5.69 Å². The quantitative estimate of drug-likeness (QED) is 0.726. The highest BCUT2D eigenvalue weighted by molar-refractivity contribution is 9.08. The van der Waals surface area contributed by atoms with Gasteiger partial charge in [0.05, 0.1) is 5.69 Å². The highest BCUT2D eigenvalue weighted by atomic mass is 79.9. The van der Waals surface area contributed by atoms with Gasteiger partial charge in [-0.25, -0.2) is 4.98 Å². The van der Waals surface area contributed by atoms with E-state index in [1.54, 1.807) is 0 Å². The molecule has 1 rings (SSSR count). The monoisotopic (exact) mass is 217 g/mol. The van der Waals surface area contributed by atoms with Gasteiger partial charge in [0.1, 0.15) is 10.9 Å². The fourth-order valence-electron chi connectivity index (χ4n) is 0.548. The van der Waals surface area contributed by atoms with Crippen LogP contribution in [0, 0.1) is 11.3 Å². The van der Waals surface area contributed by atoms with E-state index in [1.807, 2.05) is 6.07 Å². The van der Waals surface area contributed by atoms with Crippen molar-refractivity contribution in [3.63, 3.8) is 0 Å². The van der Waals surface area contributed by atoms with E-state index in [2.05, 4.69) is 20.9 Å². The highest BCUT2D eigenvalue weighted by Crippen LogP contribution is 2.20. The van der Waals surface area contributed by atoms with E-state index in [9.17, 15) is 0 Å². The molecule has 0 aromatic carbocycles. The molecule has 0 saturated carbocycles. The Kier molecular flexibility index (Phi) is 2.25. The zero-order valence-corrected chi connectivity index (χ0v) is 7.37. The lowest BCUT2D eigenvalue weighted by Gasteiger charge is -1.82. The van der Waals surface area contributed by atoms with Crippen LogP contribution < -0.4 is 5.73 Å². The molecule has 5 heteroatoms. The van der Waals surface area contributed by atoms with E-state index in [-0.39, 0.29) is 0 Å². The van der Waals surface area contributed by atoms with Crippen LogP contribution in [0.4, 0.5) is 5.13 Å². The Bertz CT molecular complexity index is 275. The zero-order chi connectivity index (χ0) is 7.56. The summed E-state index contributed by atoms with van der Waals surface area (Å²) in [5.74, 6) is 0. The van der Waals surface area contributed by atoms with Crippen LogP contribution >= 0.6 is 27.3 Å². The van der Waals surface area contributed by atoms with Gasteiger partial charge in [-0.3, -0.25) is 0 Å². The van der Waals surface area contributed by atoms with E-state index in [0.29, 0.717) is 15.3 Å². The summed E-state index contributed by atoms with van der Waals surface area (Å²) in [4.78, 5) is 4.52. The minimum atomic E-state index is 0.450. The molecule has 2 N–H and O–H groups in total. The third-order valence-corrected chi connectivity index (χ3v) is 2.30. The van der Waals surface area contributed by atoms with Crippen molar-refractivity contribution in [2.24, 2.45) is 0 Å². The maximum absolute atomic E-state index is 8.51. The van der Waals surface area contributed by atoms with Crippen LogP contribution in [0.2, 0.25) is 0 Å². The summed E-state index contributed by atoms with van der Waals surface area (Å²) in [7, 11) is 0. The lowest BCUT2D eigenvalue weighted by Crippen LogP contribution is -1.83. The lowest BCUT2D eigenvalue weighted by molar-refractivity contribution is 1.24. The maximum Gasteiger partial charge on any atom is 0.181 e. The molecule has 0 amide bonds. The third kappa shape index (κ3) is 1.28. The van der Waals surface area contributed by atoms with Crippen LogP contribution in [0.3, 0.4) is 0 Å². The maximum atomic E-state index is 8.51. The predicted molar refractivity (Wildman–Crippen MR) is 43.9 cm³/mol. The number of hydrogen-bond donors (Lipinski definition) is 1. The van der Waals surface area contributed by atoms with Gasteiger partial charge in [0.25, 0.3) is 0 Å².